The van der Waals surface area contributed by atoms with Crippen LogP contribution in [0.2, 0.25) is 0 Å². The van der Waals surface area contributed by atoms with E-state index in [2.05, 4.69) is 19.7 Å². The van der Waals surface area contributed by atoms with Crippen molar-refractivity contribution in [1.82, 2.24) is 13.7 Å². The number of nitrogens with zero attached hydrogens (tertiary/aromatic N) is 3. The standard InChI is InChI=1S/C24H33N3O9/c1-7-13-16(34-19(28)10-4)25-22(31)26(17(14-8-2)35-20(29)11-5)24(33)27(23(25)32)18(15-9-3)36-21(30)12-6/h10-12,16-18H,4-9,13-15H2,1-3H3. The van der Waals surface area contributed by atoms with Gasteiger partial charge in [-0.05, 0) is 0 Å². The van der Waals surface area contributed by atoms with E-state index in [9.17, 15) is 28.8 Å². The zero-order valence-corrected chi connectivity index (χ0v) is 20.8. The van der Waals surface area contributed by atoms with Crippen molar-refractivity contribution in [2.45, 2.75) is 78.0 Å². The highest BCUT2D eigenvalue weighted by atomic mass is 16.6. The van der Waals surface area contributed by atoms with Crippen LogP contribution in [0.4, 0.5) is 0 Å². The average molecular weight is 508 g/mol. The van der Waals surface area contributed by atoms with Gasteiger partial charge in [-0.3, -0.25) is 0 Å². The van der Waals surface area contributed by atoms with Gasteiger partial charge in [-0.1, -0.05) is 59.8 Å². The first-order valence-electron chi connectivity index (χ1n) is 11.6. The van der Waals surface area contributed by atoms with Crippen molar-refractivity contribution >= 4 is 17.9 Å². The Bertz CT molecular complexity index is 986. The molecule has 198 valence electrons. The Kier molecular flexibility index (Phi) is 12.1. The topological polar surface area (TPSA) is 145 Å². The van der Waals surface area contributed by atoms with E-state index in [0.29, 0.717) is 33.0 Å². The fourth-order valence-electron chi connectivity index (χ4n) is 3.34. The van der Waals surface area contributed by atoms with Crippen molar-refractivity contribution in [2.75, 3.05) is 0 Å². The van der Waals surface area contributed by atoms with Gasteiger partial charge in [0.25, 0.3) is 0 Å². The summed E-state index contributed by atoms with van der Waals surface area (Å²) in [6.45, 7) is 15.1. The van der Waals surface area contributed by atoms with Gasteiger partial charge in [0.2, 0.25) is 0 Å². The van der Waals surface area contributed by atoms with Crippen molar-refractivity contribution in [3.63, 3.8) is 0 Å². The third-order valence-corrected chi connectivity index (χ3v) is 4.96. The molecule has 1 heterocycles. The molecule has 0 aliphatic rings. The molecule has 0 aliphatic heterocycles. The van der Waals surface area contributed by atoms with E-state index in [1.165, 1.54) is 0 Å². The van der Waals surface area contributed by atoms with Gasteiger partial charge in [0.05, 0.1) is 0 Å². The molecule has 12 heteroatoms. The van der Waals surface area contributed by atoms with Crippen LogP contribution in [0, 0.1) is 0 Å². The summed E-state index contributed by atoms with van der Waals surface area (Å²) in [5, 5.41) is 0. The summed E-state index contributed by atoms with van der Waals surface area (Å²) in [7, 11) is 0. The van der Waals surface area contributed by atoms with Crippen LogP contribution >= 0.6 is 0 Å². The van der Waals surface area contributed by atoms with Crippen LogP contribution < -0.4 is 17.1 Å². The van der Waals surface area contributed by atoms with Gasteiger partial charge >= 0.3 is 35.0 Å². The highest BCUT2D eigenvalue weighted by Crippen LogP contribution is 2.17. The summed E-state index contributed by atoms with van der Waals surface area (Å²) in [6, 6.07) is 0. The fourth-order valence-corrected chi connectivity index (χ4v) is 3.34. The van der Waals surface area contributed by atoms with Gasteiger partial charge < -0.3 is 14.2 Å². The number of hydrogen-bond donors (Lipinski definition) is 0. The predicted octanol–water partition coefficient (Wildman–Crippen LogP) is 2.26. The molecule has 1 rings (SSSR count). The molecule has 0 aliphatic carbocycles. The van der Waals surface area contributed by atoms with Crippen molar-refractivity contribution < 1.29 is 28.6 Å². The molecule has 0 saturated heterocycles. The van der Waals surface area contributed by atoms with E-state index in [1.807, 2.05) is 0 Å². The molecule has 0 bridgehead atoms. The smallest absolute Gasteiger partial charge is 0.342 e. The van der Waals surface area contributed by atoms with Gasteiger partial charge in [-0.2, -0.15) is 0 Å². The maximum atomic E-state index is 13.5. The summed E-state index contributed by atoms with van der Waals surface area (Å²) < 4.78 is 17.5. The van der Waals surface area contributed by atoms with E-state index in [0.717, 1.165) is 18.2 Å². The van der Waals surface area contributed by atoms with Crippen LogP contribution in [0.15, 0.2) is 52.3 Å². The van der Waals surface area contributed by atoms with Crippen molar-refractivity contribution in [2.24, 2.45) is 0 Å². The van der Waals surface area contributed by atoms with Gasteiger partial charge in [-0.25, -0.2) is 42.5 Å². The molecule has 0 saturated carbocycles. The Morgan fingerprint density at radius 3 is 1.00 bits per heavy atom. The Labute approximate surface area is 208 Å². The minimum atomic E-state index is -1.42. The SMILES string of the molecule is C=CC(=O)OC(CCC)n1c(=O)n(C(CCC)OC(=O)C=C)c(=O)n(C(CCC)OC(=O)C=C)c1=O. The number of rotatable bonds is 15. The molecule has 0 N–H and O–H groups in total. The van der Waals surface area contributed by atoms with E-state index in [-0.39, 0.29) is 19.3 Å². The normalized spacial score (nSPS) is 13.1. The molecule has 0 spiro atoms. The monoisotopic (exact) mass is 507 g/mol. The Morgan fingerprint density at radius 2 is 0.833 bits per heavy atom. The summed E-state index contributed by atoms with van der Waals surface area (Å²) in [5.41, 5.74) is -3.51. The van der Waals surface area contributed by atoms with Crippen LogP contribution in [-0.2, 0) is 28.6 Å². The van der Waals surface area contributed by atoms with Crippen LogP contribution in [0.1, 0.15) is 78.0 Å². The lowest BCUT2D eigenvalue weighted by Gasteiger charge is -2.26. The van der Waals surface area contributed by atoms with Crippen LogP contribution in [0.5, 0.6) is 0 Å². The van der Waals surface area contributed by atoms with Crippen molar-refractivity contribution in [1.29, 1.82) is 0 Å². The maximum Gasteiger partial charge on any atom is 0.342 e. The predicted molar refractivity (Wildman–Crippen MR) is 130 cm³/mol. The molecule has 0 radical (unpaired) electrons. The second-order valence-corrected chi connectivity index (χ2v) is 7.61. The van der Waals surface area contributed by atoms with Gasteiger partial charge in [-0.15, -0.1) is 0 Å². The van der Waals surface area contributed by atoms with Crippen molar-refractivity contribution in [3.8, 4) is 0 Å². The molecular formula is C24H33N3O9. The number of carbonyl (C=O) groups is 3. The molecule has 0 fully saturated rings. The summed E-state index contributed by atoms with van der Waals surface area (Å²) in [6.07, 6.45) is -0.446. The lowest BCUT2D eigenvalue weighted by molar-refractivity contribution is -0.150. The second kappa shape index (κ2) is 14.4. The summed E-state index contributed by atoms with van der Waals surface area (Å²) in [5.74, 6) is -2.72. The number of ether oxygens (including phenoxy) is 3. The van der Waals surface area contributed by atoms with E-state index >= 15 is 0 Å². The molecule has 12 nitrogen and oxygen atoms in total. The van der Waals surface area contributed by atoms with Crippen LogP contribution in [0.25, 0.3) is 0 Å². The zero-order valence-electron chi connectivity index (χ0n) is 20.8. The minimum absolute atomic E-state index is 0.0305. The number of carbonyl (C=O) groups excluding carboxylic acids is 3. The Hall–Kier alpha value is -3.96. The lowest BCUT2D eigenvalue weighted by atomic mass is 10.3. The third kappa shape index (κ3) is 7.27. The van der Waals surface area contributed by atoms with E-state index in [1.54, 1.807) is 20.8 Å². The lowest BCUT2D eigenvalue weighted by Crippen LogP contribution is -2.58. The molecule has 1 aromatic heterocycles. The van der Waals surface area contributed by atoms with Crippen LogP contribution in [-0.4, -0.2) is 31.6 Å². The minimum Gasteiger partial charge on any atom is -0.438 e. The quantitative estimate of drug-likeness (QED) is 0.198. The molecule has 0 amide bonds. The maximum absolute atomic E-state index is 13.5. The average Bonchev–Trinajstić information content (AvgIpc) is 2.83. The molecular weight excluding hydrogens is 474 g/mol. The molecule has 3 unspecified atom stereocenters. The van der Waals surface area contributed by atoms with Gasteiger partial charge in [0, 0.05) is 37.5 Å². The first kappa shape index (κ1) is 30.1. The second-order valence-electron chi connectivity index (χ2n) is 7.61. The molecule has 36 heavy (non-hydrogen) atoms. The number of aromatic nitrogens is 3. The van der Waals surface area contributed by atoms with Crippen LogP contribution in [0.3, 0.4) is 0 Å². The Morgan fingerprint density at radius 1 is 0.611 bits per heavy atom. The van der Waals surface area contributed by atoms with E-state index in [4.69, 9.17) is 14.2 Å². The zero-order chi connectivity index (χ0) is 27.4. The van der Waals surface area contributed by atoms with E-state index < -0.39 is 53.7 Å². The first-order chi connectivity index (χ1) is 17.1. The number of esters is 3. The van der Waals surface area contributed by atoms with Gasteiger partial charge in [0.1, 0.15) is 0 Å². The molecule has 3 atom stereocenters. The Balaban J connectivity index is 4.14. The highest BCUT2D eigenvalue weighted by molar-refractivity contribution is 5.81. The number of hydrogen-bond acceptors (Lipinski definition) is 9. The molecule has 1 aromatic rings. The first-order valence-corrected chi connectivity index (χ1v) is 11.6. The highest BCUT2D eigenvalue weighted by Gasteiger charge is 2.31. The van der Waals surface area contributed by atoms with Crippen molar-refractivity contribution in [3.05, 3.63) is 69.4 Å². The summed E-state index contributed by atoms with van der Waals surface area (Å²) in [4.78, 5) is 76.6. The summed E-state index contributed by atoms with van der Waals surface area (Å²) >= 11 is 0. The fraction of sp³-hybridized carbons (Fsp3) is 0.500. The largest absolute Gasteiger partial charge is 0.438 e. The molecule has 0 aromatic carbocycles. The van der Waals surface area contributed by atoms with Gasteiger partial charge in [0.15, 0.2) is 18.7 Å². The third-order valence-electron chi connectivity index (χ3n) is 4.96.